The molecule has 0 aliphatic carbocycles. The van der Waals surface area contributed by atoms with Crippen molar-refractivity contribution in [2.75, 3.05) is 0 Å². The number of halogens is 1. The van der Waals surface area contributed by atoms with Crippen LogP contribution in [0.2, 0.25) is 0 Å². The average Bonchev–Trinajstić information content (AvgIpc) is 2.21. The van der Waals surface area contributed by atoms with Gasteiger partial charge in [0.15, 0.2) is 5.78 Å². The fourth-order valence-electron chi connectivity index (χ4n) is 1.28. The van der Waals surface area contributed by atoms with Crippen LogP contribution in [0.5, 0.6) is 0 Å². The van der Waals surface area contributed by atoms with Crippen molar-refractivity contribution in [1.29, 1.82) is 0 Å². The van der Waals surface area contributed by atoms with Gasteiger partial charge < -0.3 is 5.73 Å². The van der Waals surface area contributed by atoms with Gasteiger partial charge in [0.05, 0.1) is 6.04 Å². The predicted molar refractivity (Wildman–Crippen MR) is 56.9 cm³/mol. The molecule has 1 rings (SSSR count). The van der Waals surface area contributed by atoms with Gasteiger partial charge in [-0.05, 0) is 24.6 Å². The lowest BCUT2D eigenvalue weighted by Gasteiger charge is -2.09. The minimum absolute atomic E-state index is 0.161. The second-order valence-electron chi connectivity index (χ2n) is 3.34. The van der Waals surface area contributed by atoms with Gasteiger partial charge in [-0.1, -0.05) is 6.07 Å². The van der Waals surface area contributed by atoms with Crippen LogP contribution < -0.4 is 5.73 Å². The Balaban J connectivity index is 3.01. The summed E-state index contributed by atoms with van der Waals surface area (Å²) in [4.78, 5) is 11.7. The van der Waals surface area contributed by atoms with Gasteiger partial charge in [-0.15, -0.1) is 12.3 Å². The number of nitrogens with two attached hydrogens (primary N) is 1. The summed E-state index contributed by atoms with van der Waals surface area (Å²) in [5.41, 5.74) is 6.57. The molecule has 0 radical (unpaired) electrons. The number of ketones is 1. The standard InChI is InChI=1S/C12H12FNO/c1-3-4-11(14)12(15)10-7-9(13)6-5-8(10)2/h1,5-7,11H,4,14H2,2H3. The number of carbonyl (C=O) groups is 1. The second-order valence-corrected chi connectivity index (χ2v) is 3.34. The fraction of sp³-hybridized carbons (Fsp3) is 0.250. The van der Waals surface area contributed by atoms with Crippen molar-refractivity contribution in [1.82, 2.24) is 0 Å². The summed E-state index contributed by atoms with van der Waals surface area (Å²) in [6.07, 6.45) is 5.22. The molecule has 0 spiro atoms. The third-order valence-corrected chi connectivity index (χ3v) is 2.14. The first-order valence-electron chi connectivity index (χ1n) is 4.55. The van der Waals surface area contributed by atoms with Crippen LogP contribution in [0.3, 0.4) is 0 Å². The fourth-order valence-corrected chi connectivity index (χ4v) is 1.28. The molecule has 2 nitrogen and oxygen atoms in total. The molecule has 0 aliphatic heterocycles. The highest BCUT2D eigenvalue weighted by Gasteiger charge is 2.17. The van der Waals surface area contributed by atoms with E-state index in [4.69, 9.17) is 12.2 Å². The zero-order valence-electron chi connectivity index (χ0n) is 8.46. The lowest BCUT2D eigenvalue weighted by Crippen LogP contribution is -2.30. The van der Waals surface area contributed by atoms with E-state index in [0.29, 0.717) is 11.1 Å². The number of rotatable bonds is 3. The third-order valence-electron chi connectivity index (χ3n) is 2.14. The molecule has 2 N–H and O–H groups in total. The van der Waals surface area contributed by atoms with Gasteiger partial charge in [-0.25, -0.2) is 4.39 Å². The van der Waals surface area contributed by atoms with E-state index in [1.54, 1.807) is 13.0 Å². The van der Waals surface area contributed by atoms with Crippen molar-refractivity contribution in [3.8, 4) is 12.3 Å². The number of carbonyl (C=O) groups excluding carboxylic acids is 1. The molecule has 1 aromatic rings. The lowest BCUT2D eigenvalue weighted by atomic mass is 9.98. The monoisotopic (exact) mass is 205 g/mol. The van der Waals surface area contributed by atoms with Crippen LogP contribution >= 0.6 is 0 Å². The van der Waals surface area contributed by atoms with Crippen LogP contribution in [0.1, 0.15) is 22.3 Å². The van der Waals surface area contributed by atoms with Crippen molar-refractivity contribution in [3.63, 3.8) is 0 Å². The van der Waals surface area contributed by atoms with Crippen molar-refractivity contribution in [2.24, 2.45) is 5.73 Å². The van der Waals surface area contributed by atoms with Crippen molar-refractivity contribution >= 4 is 5.78 Å². The summed E-state index contributed by atoms with van der Waals surface area (Å²) in [5.74, 6) is 1.55. The summed E-state index contributed by atoms with van der Waals surface area (Å²) in [6, 6.07) is 3.29. The van der Waals surface area contributed by atoms with E-state index in [0.717, 1.165) is 0 Å². The normalized spacial score (nSPS) is 11.9. The van der Waals surface area contributed by atoms with Gasteiger partial charge in [0.25, 0.3) is 0 Å². The minimum atomic E-state index is -0.754. The zero-order valence-corrected chi connectivity index (χ0v) is 8.46. The molecule has 0 aromatic heterocycles. The summed E-state index contributed by atoms with van der Waals surface area (Å²) in [6.45, 7) is 1.73. The number of hydrogen-bond donors (Lipinski definition) is 1. The Morgan fingerprint density at radius 3 is 2.93 bits per heavy atom. The smallest absolute Gasteiger partial charge is 0.180 e. The molecule has 1 atom stereocenters. The van der Waals surface area contributed by atoms with E-state index in [1.807, 2.05) is 0 Å². The molecular weight excluding hydrogens is 193 g/mol. The second kappa shape index (κ2) is 4.72. The maximum atomic E-state index is 12.9. The number of hydrogen-bond acceptors (Lipinski definition) is 2. The van der Waals surface area contributed by atoms with E-state index < -0.39 is 11.9 Å². The van der Waals surface area contributed by atoms with E-state index in [9.17, 15) is 9.18 Å². The number of Topliss-reactive ketones (excluding diaryl/α,β-unsaturated/α-hetero) is 1. The quantitative estimate of drug-likeness (QED) is 0.602. The van der Waals surface area contributed by atoms with Crippen LogP contribution in [0.25, 0.3) is 0 Å². The number of aryl methyl sites for hydroxylation is 1. The van der Waals surface area contributed by atoms with E-state index >= 15 is 0 Å². The van der Waals surface area contributed by atoms with Crippen molar-refractivity contribution < 1.29 is 9.18 Å². The van der Waals surface area contributed by atoms with Crippen LogP contribution in [-0.4, -0.2) is 11.8 Å². The highest BCUT2D eigenvalue weighted by molar-refractivity contribution is 6.01. The Bertz CT molecular complexity index is 420. The first-order chi connectivity index (χ1) is 7.06. The topological polar surface area (TPSA) is 43.1 Å². The van der Waals surface area contributed by atoms with E-state index in [-0.39, 0.29) is 12.2 Å². The Hall–Kier alpha value is -1.66. The zero-order chi connectivity index (χ0) is 11.4. The Labute approximate surface area is 88.3 Å². The summed E-state index contributed by atoms with van der Waals surface area (Å²) in [7, 11) is 0. The molecule has 0 aliphatic rings. The molecule has 3 heteroatoms. The summed E-state index contributed by atoms with van der Waals surface area (Å²) >= 11 is 0. The SMILES string of the molecule is C#CCC(N)C(=O)c1cc(F)ccc1C. The van der Waals surface area contributed by atoms with Crippen LogP contribution in [-0.2, 0) is 0 Å². The van der Waals surface area contributed by atoms with Crippen LogP contribution in [0.4, 0.5) is 4.39 Å². The van der Waals surface area contributed by atoms with Crippen LogP contribution in [0.15, 0.2) is 18.2 Å². The molecular formula is C12H12FNO. The lowest BCUT2D eigenvalue weighted by molar-refractivity contribution is 0.0962. The minimum Gasteiger partial charge on any atom is -0.320 e. The Morgan fingerprint density at radius 1 is 1.67 bits per heavy atom. The highest BCUT2D eigenvalue weighted by atomic mass is 19.1. The molecule has 0 amide bonds. The molecule has 0 bridgehead atoms. The van der Waals surface area contributed by atoms with Crippen molar-refractivity contribution in [3.05, 3.63) is 35.1 Å². The Kier molecular flexibility index (Phi) is 3.59. The van der Waals surface area contributed by atoms with Gasteiger partial charge in [0, 0.05) is 12.0 Å². The molecule has 0 heterocycles. The first-order valence-corrected chi connectivity index (χ1v) is 4.55. The van der Waals surface area contributed by atoms with E-state index in [2.05, 4.69) is 5.92 Å². The molecule has 0 saturated carbocycles. The maximum absolute atomic E-state index is 12.9. The molecule has 15 heavy (non-hydrogen) atoms. The van der Waals surface area contributed by atoms with E-state index in [1.165, 1.54) is 12.1 Å². The summed E-state index contributed by atoms with van der Waals surface area (Å²) < 4.78 is 12.9. The molecule has 1 unspecified atom stereocenters. The van der Waals surface area contributed by atoms with Gasteiger partial charge in [0.1, 0.15) is 5.82 Å². The average molecular weight is 205 g/mol. The Morgan fingerprint density at radius 2 is 2.33 bits per heavy atom. The predicted octanol–water partition coefficient (Wildman–Crippen LogP) is 1.67. The molecule has 0 fully saturated rings. The largest absolute Gasteiger partial charge is 0.320 e. The van der Waals surface area contributed by atoms with Crippen molar-refractivity contribution in [2.45, 2.75) is 19.4 Å². The number of benzene rings is 1. The molecule has 78 valence electrons. The summed E-state index contributed by atoms with van der Waals surface area (Å²) in [5, 5.41) is 0. The third kappa shape index (κ3) is 2.64. The first kappa shape index (κ1) is 11.4. The maximum Gasteiger partial charge on any atom is 0.180 e. The van der Waals surface area contributed by atoms with Gasteiger partial charge in [-0.2, -0.15) is 0 Å². The molecule has 1 aromatic carbocycles. The van der Waals surface area contributed by atoms with Crippen LogP contribution in [0, 0.1) is 25.1 Å². The van der Waals surface area contributed by atoms with Gasteiger partial charge in [-0.3, -0.25) is 4.79 Å². The van der Waals surface area contributed by atoms with Gasteiger partial charge >= 0.3 is 0 Å². The highest BCUT2D eigenvalue weighted by Crippen LogP contribution is 2.12. The molecule has 0 saturated heterocycles. The number of terminal acetylenes is 1. The van der Waals surface area contributed by atoms with Gasteiger partial charge in [0.2, 0.25) is 0 Å².